The Morgan fingerprint density at radius 3 is 1.00 bits per heavy atom. The summed E-state index contributed by atoms with van der Waals surface area (Å²) in [6, 6.07) is 0. The maximum absolute atomic E-state index is 0. The van der Waals surface area contributed by atoms with E-state index in [2.05, 4.69) is 0 Å². The van der Waals surface area contributed by atoms with Crippen LogP contribution < -0.4 is 0 Å². The van der Waals surface area contributed by atoms with Gasteiger partial charge in [0.2, 0.25) is 0 Å². The maximum Gasteiger partial charge on any atom is 0 e. The summed E-state index contributed by atoms with van der Waals surface area (Å²) in [5.74, 6) is 0. The molecular formula is BrCeMnZr. The summed E-state index contributed by atoms with van der Waals surface area (Å²) in [4.78, 5) is 0. The Hall–Kier alpha value is 3.26. The Bertz CT molecular complexity index is 8.00. The van der Waals surface area contributed by atoms with Crippen LogP contribution in [0.4, 0.5) is 0 Å². The van der Waals surface area contributed by atoms with Crippen molar-refractivity contribution in [1.29, 1.82) is 0 Å². The van der Waals surface area contributed by atoms with Crippen LogP contribution >= 0.6 is 17.0 Å². The van der Waals surface area contributed by atoms with E-state index in [1.54, 1.807) is 0 Å². The predicted molar refractivity (Wildman–Crippen MR) is 8.93 cm³/mol. The fraction of sp³-hybridized carbons (Fsp3) is 0. The zero-order valence-electron chi connectivity index (χ0n) is 1.76. The van der Waals surface area contributed by atoms with E-state index in [0.717, 1.165) is 0 Å². The average molecular weight is 366 g/mol. The quantitative estimate of drug-likeness (QED) is 0.558. The molecule has 0 rings (SSSR count). The van der Waals surface area contributed by atoms with Gasteiger partial charge in [-0.2, -0.15) is 0 Å². The molecular weight excluding hydrogens is 366 g/mol. The van der Waals surface area contributed by atoms with Crippen molar-refractivity contribution < 1.29 is 85.0 Å². The van der Waals surface area contributed by atoms with Gasteiger partial charge >= 0.3 is 0 Å². The van der Waals surface area contributed by atoms with E-state index >= 15 is 0 Å². The standard InChI is InChI=1S/Br.Ce.Mn.Zr. The van der Waals surface area contributed by atoms with Crippen LogP contribution in [-0.4, -0.2) is 0 Å². The largest absolute Gasteiger partial charge is 0 e. The monoisotopic (exact) mass is 364 g/mol. The molecule has 0 amide bonds. The first-order valence-electron chi connectivity index (χ1n) is 0. The first kappa shape index (κ1) is 26.8. The molecule has 0 spiro atoms. The Morgan fingerprint density at radius 2 is 1.00 bits per heavy atom. The molecule has 4 heteroatoms. The second kappa shape index (κ2) is 16.3. The maximum atomic E-state index is 0. The second-order valence-corrected chi connectivity index (χ2v) is 0. The molecule has 0 aliphatic heterocycles. The summed E-state index contributed by atoms with van der Waals surface area (Å²) < 4.78 is 0. The van der Waals surface area contributed by atoms with Crippen molar-refractivity contribution >= 4 is 17.0 Å². The Kier molecular flexibility index (Phi) is 109. The Morgan fingerprint density at radius 1 is 1.00 bits per heavy atom. The molecule has 0 saturated carbocycles. The van der Waals surface area contributed by atoms with Crippen molar-refractivity contribution in [2.24, 2.45) is 0 Å². The van der Waals surface area contributed by atoms with Crippen molar-refractivity contribution in [2.45, 2.75) is 0 Å². The van der Waals surface area contributed by atoms with E-state index in [1.807, 2.05) is 0 Å². The zero-order chi connectivity index (χ0) is 0. The van der Waals surface area contributed by atoms with Crippen LogP contribution in [0.15, 0.2) is 0 Å². The van der Waals surface area contributed by atoms with Gasteiger partial charge in [-0.1, -0.05) is 0 Å². The summed E-state index contributed by atoms with van der Waals surface area (Å²) in [7, 11) is 0. The van der Waals surface area contributed by atoms with Gasteiger partial charge in [-0.25, -0.2) is 0 Å². The van der Waals surface area contributed by atoms with Crippen molar-refractivity contribution in [3.63, 3.8) is 0 Å². The zero-order valence-corrected chi connectivity index (χ0v) is 10.1. The normalized spacial score (nSPS) is 0. The summed E-state index contributed by atoms with van der Waals surface area (Å²) >= 11 is 0. The SMILES string of the molecule is [Br].[Ce].[Mn].[Zr]. The van der Waals surface area contributed by atoms with Gasteiger partial charge in [0, 0.05) is 102 Å². The number of hydrogen-bond donors (Lipinski definition) is 0. The topological polar surface area (TPSA) is 0 Å². The van der Waals surface area contributed by atoms with E-state index in [4.69, 9.17) is 0 Å². The third-order valence-corrected chi connectivity index (χ3v) is 0. The number of halogens is 1. The molecule has 0 bridgehead atoms. The van der Waals surface area contributed by atoms with Crippen molar-refractivity contribution in [3.05, 3.63) is 0 Å². The molecule has 22 valence electrons. The molecule has 0 aromatic carbocycles. The van der Waals surface area contributed by atoms with Gasteiger partial charge in [0.05, 0.1) is 0 Å². The Labute approximate surface area is 99.6 Å². The van der Waals surface area contributed by atoms with Crippen molar-refractivity contribution in [3.8, 4) is 0 Å². The molecule has 0 nitrogen and oxygen atoms in total. The minimum absolute atomic E-state index is 0. The molecule has 0 aromatic heterocycles. The smallest absolute Gasteiger partial charge is 0 e. The minimum atomic E-state index is 0. The Balaban J connectivity index is 0. The third-order valence-electron chi connectivity index (χ3n) is 0. The second-order valence-electron chi connectivity index (χ2n) is 0. The fourth-order valence-corrected chi connectivity index (χ4v) is 0. The van der Waals surface area contributed by atoms with E-state index in [0.29, 0.717) is 0 Å². The van der Waals surface area contributed by atoms with E-state index < -0.39 is 0 Å². The number of rotatable bonds is 0. The van der Waals surface area contributed by atoms with Crippen molar-refractivity contribution in [2.75, 3.05) is 0 Å². The van der Waals surface area contributed by atoms with Gasteiger partial charge in [0.15, 0.2) is 0 Å². The molecule has 4 heavy (non-hydrogen) atoms. The molecule has 0 N–H and O–H groups in total. The summed E-state index contributed by atoms with van der Waals surface area (Å²) in [6.45, 7) is 0. The predicted octanol–water partition coefficient (Wildman–Crippen LogP) is 0.841. The first-order valence-corrected chi connectivity index (χ1v) is 0. The molecule has 2 radical (unpaired) electrons. The average Bonchev–Trinajstić information content (AvgIpc) is 0. The summed E-state index contributed by atoms with van der Waals surface area (Å²) in [5.41, 5.74) is 0. The first-order chi connectivity index (χ1) is 0. The van der Waals surface area contributed by atoms with Crippen LogP contribution in [0, 0.1) is 41.7 Å². The van der Waals surface area contributed by atoms with E-state index in [1.165, 1.54) is 0 Å². The minimum Gasteiger partial charge on any atom is 0 e. The van der Waals surface area contributed by atoms with Gasteiger partial charge in [-0.05, 0) is 0 Å². The van der Waals surface area contributed by atoms with Crippen LogP contribution in [0.3, 0.4) is 0 Å². The van der Waals surface area contributed by atoms with Crippen LogP contribution in [0.5, 0.6) is 0 Å². The molecule has 0 aliphatic carbocycles. The molecule has 0 heterocycles. The van der Waals surface area contributed by atoms with Gasteiger partial charge in [-0.3, -0.25) is 0 Å². The van der Waals surface area contributed by atoms with Crippen LogP contribution in [0.25, 0.3) is 0 Å². The van der Waals surface area contributed by atoms with Crippen molar-refractivity contribution in [1.82, 2.24) is 0 Å². The molecule has 0 atom stereocenters. The third kappa shape index (κ3) is 8.98. The van der Waals surface area contributed by atoms with Gasteiger partial charge < -0.3 is 0 Å². The van der Waals surface area contributed by atoms with Crippen LogP contribution in [0.1, 0.15) is 0 Å². The van der Waals surface area contributed by atoms with Crippen LogP contribution in [0.2, 0.25) is 0 Å². The molecule has 0 saturated heterocycles. The fourth-order valence-electron chi connectivity index (χ4n) is 0. The van der Waals surface area contributed by atoms with Gasteiger partial charge in [0.1, 0.15) is 0 Å². The summed E-state index contributed by atoms with van der Waals surface area (Å²) in [5, 5.41) is 0. The van der Waals surface area contributed by atoms with Crippen LogP contribution in [-0.2, 0) is 43.3 Å². The number of hydrogen-bond acceptors (Lipinski definition) is 0. The molecule has 0 aromatic rings. The van der Waals surface area contributed by atoms with E-state index in [9.17, 15) is 0 Å². The van der Waals surface area contributed by atoms with Gasteiger partial charge in [0.25, 0.3) is 0 Å². The molecule has 0 aliphatic rings. The van der Waals surface area contributed by atoms with E-state index in [-0.39, 0.29) is 102 Å². The molecule has 0 unspecified atom stereocenters. The van der Waals surface area contributed by atoms with Gasteiger partial charge in [-0.15, -0.1) is 0 Å². The summed E-state index contributed by atoms with van der Waals surface area (Å²) in [6.07, 6.45) is 0. The molecule has 0 fully saturated rings.